The predicted molar refractivity (Wildman–Crippen MR) is 187 cm³/mol. The van der Waals surface area contributed by atoms with Crippen molar-refractivity contribution < 1.29 is 28.6 Å². The van der Waals surface area contributed by atoms with Crippen LogP contribution in [0.3, 0.4) is 0 Å². The van der Waals surface area contributed by atoms with Gasteiger partial charge in [-0.25, -0.2) is 0 Å². The van der Waals surface area contributed by atoms with Crippen LogP contribution >= 0.6 is 0 Å². The van der Waals surface area contributed by atoms with Crippen molar-refractivity contribution in [2.24, 2.45) is 0 Å². The number of rotatable bonds is 35. The normalized spacial score (nSPS) is 11.8. The largest absolute Gasteiger partial charge is 0.462 e. The van der Waals surface area contributed by atoms with E-state index < -0.39 is 6.10 Å². The molecular formula is C39H74O6. The first-order chi connectivity index (χ1) is 22.0. The lowest BCUT2D eigenvalue weighted by Crippen LogP contribution is -2.30. The van der Waals surface area contributed by atoms with E-state index in [1.165, 1.54) is 103 Å². The summed E-state index contributed by atoms with van der Waals surface area (Å²) in [5, 5.41) is 0. The van der Waals surface area contributed by atoms with E-state index in [4.69, 9.17) is 14.2 Å². The molecule has 0 fully saturated rings. The van der Waals surface area contributed by atoms with Crippen molar-refractivity contribution in [2.45, 2.75) is 219 Å². The Kier molecular flexibility index (Phi) is 34.0. The highest BCUT2D eigenvalue weighted by molar-refractivity contribution is 5.71. The van der Waals surface area contributed by atoms with E-state index in [1.807, 2.05) is 0 Å². The van der Waals surface area contributed by atoms with Gasteiger partial charge in [0.15, 0.2) is 6.10 Å². The van der Waals surface area contributed by atoms with E-state index in [-0.39, 0.29) is 31.1 Å². The first-order valence-electron chi connectivity index (χ1n) is 19.5. The zero-order valence-electron chi connectivity index (χ0n) is 30.2. The van der Waals surface area contributed by atoms with Crippen molar-refractivity contribution in [3.05, 3.63) is 0 Å². The van der Waals surface area contributed by atoms with Gasteiger partial charge in [-0.3, -0.25) is 14.4 Å². The van der Waals surface area contributed by atoms with Crippen molar-refractivity contribution in [1.82, 2.24) is 0 Å². The number of unbranched alkanes of at least 4 members (excludes halogenated alkanes) is 24. The fourth-order valence-electron chi connectivity index (χ4n) is 5.62. The van der Waals surface area contributed by atoms with Crippen LogP contribution in [0.4, 0.5) is 0 Å². The SMILES string of the molecule is CCCCCCCCCCCCCCCCCCCC(=O)OCC(COC(=O)CCCCCCC)OC(=O)CCCCCCC. The first kappa shape index (κ1) is 43.4. The molecule has 6 heteroatoms. The van der Waals surface area contributed by atoms with Gasteiger partial charge in [0, 0.05) is 19.3 Å². The third-order valence-corrected chi connectivity index (χ3v) is 8.61. The molecule has 0 saturated heterocycles. The molecule has 0 radical (unpaired) electrons. The smallest absolute Gasteiger partial charge is 0.306 e. The summed E-state index contributed by atoms with van der Waals surface area (Å²) in [6.07, 6.45) is 32.9. The van der Waals surface area contributed by atoms with Crippen LogP contribution in [0.1, 0.15) is 213 Å². The van der Waals surface area contributed by atoms with Crippen molar-refractivity contribution in [3.63, 3.8) is 0 Å². The molecule has 0 rings (SSSR count). The second-order valence-electron chi connectivity index (χ2n) is 13.2. The molecule has 1 atom stereocenters. The van der Waals surface area contributed by atoms with Crippen LogP contribution in [0.25, 0.3) is 0 Å². The molecule has 0 aliphatic heterocycles. The first-order valence-corrected chi connectivity index (χ1v) is 19.5. The van der Waals surface area contributed by atoms with E-state index in [1.54, 1.807) is 0 Å². The molecule has 0 bridgehead atoms. The van der Waals surface area contributed by atoms with E-state index in [0.717, 1.165) is 70.6 Å². The van der Waals surface area contributed by atoms with Gasteiger partial charge in [0.25, 0.3) is 0 Å². The van der Waals surface area contributed by atoms with Gasteiger partial charge in [0.2, 0.25) is 0 Å². The summed E-state index contributed by atoms with van der Waals surface area (Å²) < 4.78 is 16.4. The molecule has 0 amide bonds. The van der Waals surface area contributed by atoms with Crippen molar-refractivity contribution in [1.29, 1.82) is 0 Å². The minimum atomic E-state index is -0.753. The predicted octanol–water partition coefficient (Wildman–Crippen LogP) is 11.7. The minimum Gasteiger partial charge on any atom is -0.462 e. The Balaban J connectivity index is 4.03. The standard InChI is InChI=1S/C39H74O6/c1-4-7-10-13-14-15-16-17-18-19-20-21-22-23-24-27-29-32-38(41)44-35-36(45-39(42)33-30-26-12-9-6-3)34-43-37(40)31-28-25-11-8-5-2/h36H,4-35H2,1-3H3. The third kappa shape index (κ3) is 33.6. The maximum absolute atomic E-state index is 12.4. The average molecular weight is 639 g/mol. The average Bonchev–Trinajstić information content (AvgIpc) is 3.03. The highest BCUT2D eigenvalue weighted by atomic mass is 16.6. The lowest BCUT2D eigenvalue weighted by Gasteiger charge is -2.18. The zero-order valence-corrected chi connectivity index (χ0v) is 30.2. The number of esters is 3. The number of carbonyl (C=O) groups excluding carboxylic acids is 3. The third-order valence-electron chi connectivity index (χ3n) is 8.61. The molecule has 0 aromatic carbocycles. The van der Waals surface area contributed by atoms with Gasteiger partial charge in [-0.2, -0.15) is 0 Å². The number of hydrogen-bond donors (Lipinski definition) is 0. The van der Waals surface area contributed by atoms with Crippen LogP contribution in [0.2, 0.25) is 0 Å². The fourth-order valence-corrected chi connectivity index (χ4v) is 5.62. The Labute approximate surface area is 278 Å². The summed E-state index contributed by atoms with van der Waals surface area (Å²) in [4.78, 5) is 36.9. The summed E-state index contributed by atoms with van der Waals surface area (Å²) in [6.45, 7) is 6.46. The monoisotopic (exact) mass is 639 g/mol. The highest BCUT2D eigenvalue weighted by Gasteiger charge is 2.19. The van der Waals surface area contributed by atoms with Gasteiger partial charge in [-0.05, 0) is 19.3 Å². The molecule has 266 valence electrons. The number of hydrogen-bond acceptors (Lipinski definition) is 6. The second kappa shape index (κ2) is 35.3. The second-order valence-corrected chi connectivity index (χ2v) is 13.2. The van der Waals surface area contributed by atoms with Gasteiger partial charge in [-0.1, -0.05) is 175 Å². The molecule has 0 aliphatic rings. The van der Waals surface area contributed by atoms with Crippen LogP contribution in [-0.4, -0.2) is 37.2 Å². The van der Waals surface area contributed by atoms with Gasteiger partial charge in [0.05, 0.1) is 0 Å². The molecule has 0 aliphatic carbocycles. The van der Waals surface area contributed by atoms with Crippen LogP contribution < -0.4 is 0 Å². The number of carbonyl (C=O) groups is 3. The molecule has 0 N–H and O–H groups in total. The van der Waals surface area contributed by atoms with E-state index in [9.17, 15) is 14.4 Å². The Morgan fingerprint density at radius 1 is 0.356 bits per heavy atom. The molecule has 1 unspecified atom stereocenters. The van der Waals surface area contributed by atoms with E-state index >= 15 is 0 Å². The van der Waals surface area contributed by atoms with Gasteiger partial charge >= 0.3 is 17.9 Å². The summed E-state index contributed by atoms with van der Waals surface area (Å²) >= 11 is 0. The minimum absolute atomic E-state index is 0.0663. The Morgan fingerprint density at radius 2 is 0.600 bits per heavy atom. The maximum atomic E-state index is 12.4. The quantitative estimate of drug-likeness (QED) is 0.0390. The topological polar surface area (TPSA) is 78.9 Å². The molecule has 0 heterocycles. The van der Waals surface area contributed by atoms with E-state index in [0.29, 0.717) is 19.3 Å². The molecule has 0 aromatic rings. The summed E-state index contributed by atoms with van der Waals surface area (Å²) in [5.41, 5.74) is 0. The van der Waals surface area contributed by atoms with Crippen LogP contribution in [-0.2, 0) is 28.6 Å². The van der Waals surface area contributed by atoms with Crippen LogP contribution in [0.5, 0.6) is 0 Å². The van der Waals surface area contributed by atoms with Crippen LogP contribution in [0, 0.1) is 0 Å². The summed E-state index contributed by atoms with van der Waals surface area (Å²) in [6, 6.07) is 0. The zero-order chi connectivity index (χ0) is 33.1. The highest BCUT2D eigenvalue weighted by Crippen LogP contribution is 2.15. The van der Waals surface area contributed by atoms with Gasteiger partial charge < -0.3 is 14.2 Å². The van der Waals surface area contributed by atoms with E-state index in [2.05, 4.69) is 20.8 Å². The molecule has 0 saturated carbocycles. The summed E-state index contributed by atoms with van der Waals surface area (Å²) in [5.74, 6) is -0.892. The summed E-state index contributed by atoms with van der Waals surface area (Å²) in [7, 11) is 0. The molecule has 45 heavy (non-hydrogen) atoms. The Hall–Kier alpha value is -1.59. The molecular weight excluding hydrogens is 564 g/mol. The lowest BCUT2D eigenvalue weighted by molar-refractivity contribution is -0.167. The lowest BCUT2D eigenvalue weighted by atomic mass is 10.0. The molecule has 0 spiro atoms. The maximum Gasteiger partial charge on any atom is 0.306 e. The van der Waals surface area contributed by atoms with Crippen molar-refractivity contribution >= 4 is 17.9 Å². The fraction of sp³-hybridized carbons (Fsp3) is 0.923. The van der Waals surface area contributed by atoms with Gasteiger partial charge in [0.1, 0.15) is 13.2 Å². The number of ether oxygens (including phenoxy) is 3. The Bertz CT molecular complexity index is 664. The molecule has 0 aromatic heterocycles. The van der Waals surface area contributed by atoms with Crippen LogP contribution in [0.15, 0.2) is 0 Å². The Morgan fingerprint density at radius 3 is 0.889 bits per heavy atom. The van der Waals surface area contributed by atoms with Gasteiger partial charge in [-0.15, -0.1) is 0 Å². The van der Waals surface area contributed by atoms with Crippen molar-refractivity contribution in [3.8, 4) is 0 Å². The molecule has 6 nitrogen and oxygen atoms in total. The van der Waals surface area contributed by atoms with Crippen molar-refractivity contribution in [2.75, 3.05) is 13.2 Å².